The van der Waals surface area contributed by atoms with E-state index in [1.54, 1.807) is 6.07 Å². The lowest BCUT2D eigenvalue weighted by Gasteiger charge is -2.12. The Morgan fingerprint density at radius 1 is 1.29 bits per heavy atom. The third-order valence-electron chi connectivity index (χ3n) is 2.83. The number of rotatable bonds is 4. The maximum absolute atomic E-state index is 13.4. The highest BCUT2D eigenvalue weighted by Crippen LogP contribution is 2.19. The lowest BCUT2D eigenvalue weighted by molar-refractivity contribution is 0.549. The van der Waals surface area contributed by atoms with Crippen molar-refractivity contribution in [2.75, 3.05) is 0 Å². The van der Waals surface area contributed by atoms with Gasteiger partial charge in [-0.2, -0.15) is 0 Å². The van der Waals surface area contributed by atoms with Crippen LogP contribution in [0.4, 0.5) is 4.39 Å². The molecule has 0 nitrogen and oxygen atoms in total. The normalized spacial score (nSPS) is 12.9. The second-order valence-corrected chi connectivity index (χ2v) is 3.95. The standard InChI is InChI=1S/C13H19F/c1-4-10(3)9-11-7-6-8-13(14)12(11)5-2/h6-8,10H,4-5,9H2,1-3H3/t10-/m1/s1. The summed E-state index contributed by atoms with van der Waals surface area (Å²) < 4.78 is 13.4. The predicted octanol–water partition coefficient (Wildman–Crippen LogP) is 3.98. The van der Waals surface area contributed by atoms with Gasteiger partial charge < -0.3 is 0 Å². The minimum atomic E-state index is -0.0479. The van der Waals surface area contributed by atoms with Gasteiger partial charge in [0.15, 0.2) is 0 Å². The molecule has 0 fully saturated rings. The van der Waals surface area contributed by atoms with Crippen LogP contribution < -0.4 is 0 Å². The summed E-state index contributed by atoms with van der Waals surface area (Å²) in [5, 5.41) is 0. The van der Waals surface area contributed by atoms with Gasteiger partial charge in [-0.25, -0.2) is 4.39 Å². The molecular weight excluding hydrogens is 175 g/mol. The van der Waals surface area contributed by atoms with Gasteiger partial charge in [0.1, 0.15) is 5.82 Å². The molecule has 0 spiro atoms. The molecule has 14 heavy (non-hydrogen) atoms. The fourth-order valence-electron chi connectivity index (χ4n) is 1.71. The van der Waals surface area contributed by atoms with Crippen LogP contribution in [0.15, 0.2) is 18.2 Å². The van der Waals surface area contributed by atoms with Gasteiger partial charge in [0.2, 0.25) is 0 Å². The molecule has 1 aromatic carbocycles. The molecule has 0 radical (unpaired) electrons. The van der Waals surface area contributed by atoms with Gasteiger partial charge in [-0.15, -0.1) is 0 Å². The molecule has 1 atom stereocenters. The largest absolute Gasteiger partial charge is 0.207 e. The molecule has 1 heteroatoms. The molecule has 78 valence electrons. The number of halogens is 1. The maximum atomic E-state index is 13.4. The molecule has 0 unspecified atom stereocenters. The summed E-state index contributed by atoms with van der Waals surface area (Å²) in [6.45, 7) is 6.40. The van der Waals surface area contributed by atoms with E-state index in [1.807, 2.05) is 19.1 Å². The van der Waals surface area contributed by atoms with Crippen molar-refractivity contribution in [2.24, 2.45) is 5.92 Å². The van der Waals surface area contributed by atoms with E-state index in [0.717, 1.165) is 24.8 Å². The zero-order valence-electron chi connectivity index (χ0n) is 9.31. The molecule has 0 bridgehead atoms. The summed E-state index contributed by atoms with van der Waals surface area (Å²) in [7, 11) is 0. The second-order valence-electron chi connectivity index (χ2n) is 3.95. The van der Waals surface area contributed by atoms with E-state index in [-0.39, 0.29) is 5.82 Å². The van der Waals surface area contributed by atoms with Gasteiger partial charge in [-0.05, 0) is 36.0 Å². The van der Waals surface area contributed by atoms with Crippen molar-refractivity contribution in [2.45, 2.75) is 40.0 Å². The van der Waals surface area contributed by atoms with E-state index in [4.69, 9.17) is 0 Å². The van der Waals surface area contributed by atoms with Gasteiger partial charge in [-0.1, -0.05) is 39.3 Å². The third kappa shape index (κ3) is 2.57. The highest BCUT2D eigenvalue weighted by Gasteiger charge is 2.08. The fraction of sp³-hybridized carbons (Fsp3) is 0.538. The van der Waals surface area contributed by atoms with Crippen molar-refractivity contribution in [3.05, 3.63) is 35.1 Å². The van der Waals surface area contributed by atoms with Crippen LogP contribution in [0.25, 0.3) is 0 Å². The lowest BCUT2D eigenvalue weighted by Crippen LogP contribution is -2.03. The topological polar surface area (TPSA) is 0 Å². The SMILES string of the molecule is CCc1c(F)cccc1C[C@H](C)CC. The molecule has 0 N–H and O–H groups in total. The Morgan fingerprint density at radius 2 is 2.00 bits per heavy atom. The summed E-state index contributed by atoms with van der Waals surface area (Å²) in [5.41, 5.74) is 2.08. The molecule has 0 aromatic heterocycles. The minimum Gasteiger partial charge on any atom is -0.207 e. The van der Waals surface area contributed by atoms with Crippen LogP contribution in [0.3, 0.4) is 0 Å². The van der Waals surface area contributed by atoms with Gasteiger partial charge in [0.05, 0.1) is 0 Å². The van der Waals surface area contributed by atoms with Crippen molar-refractivity contribution in [3.8, 4) is 0 Å². The molecule has 1 aromatic rings. The molecule has 1 rings (SSSR count). The van der Waals surface area contributed by atoms with Crippen LogP contribution in [-0.4, -0.2) is 0 Å². The smallest absolute Gasteiger partial charge is 0.126 e. The van der Waals surface area contributed by atoms with Crippen LogP contribution in [-0.2, 0) is 12.8 Å². The summed E-state index contributed by atoms with van der Waals surface area (Å²) in [6.07, 6.45) is 2.94. The Morgan fingerprint density at radius 3 is 2.57 bits per heavy atom. The first kappa shape index (κ1) is 11.2. The van der Waals surface area contributed by atoms with Crippen molar-refractivity contribution in [1.29, 1.82) is 0 Å². The highest BCUT2D eigenvalue weighted by molar-refractivity contribution is 5.29. The van der Waals surface area contributed by atoms with Crippen LogP contribution in [0.5, 0.6) is 0 Å². The fourth-order valence-corrected chi connectivity index (χ4v) is 1.71. The monoisotopic (exact) mass is 194 g/mol. The van der Waals surface area contributed by atoms with E-state index >= 15 is 0 Å². The first-order valence-electron chi connectivity index (χ1n) is 5.45. The van der Waals surface area contributed by atoms with Crippen molar-refractivity contribution < 1.29 is 4.39 Å². The van der Waals surface area contributed by atoms with E-state index in [1.165, 1.54) is 5.56 Å². The highest BCUT2D eigenvalue weighted by atomic mass is 19.1. The zero-order chi connectivity index (χ0) is 10.6. The van der Waals surface area contributed by atoms with Crippen LogP contribution in [0, 0.1) is 11.7 Å². The van der Waals surface area contributed by atoms with Crippen LogP contribution >= 0.6 is 0 Å². The molecule has 0 amide bonds. The third-order valence-corrected chi connectivity index (χ3v) is 2.83. The maximum Gasteiger partial charge on any atom is 0.126 e. The molecule has 0 aliphatic carbocycles. The van der Waals surface area contributed by atoms with Crippen molar-refractivity contribution in [1.82, 2.24) is 0 Å². The number of hydrogen-bond acceptors (Lipinski definition) is 0. The van der Waals surface area contributed by atoms with Gasteiger partial charge >= 0.3 is 0 Å². The van der Waals surface area contributed by atoms with E-state index < -0.39 is 0 Å². The van der Waals surface area contributed by atoms with E-state index in [9.17, 15) is 4.39 Å². The first-order chi connectivity index (χ1) is 6.69. The molecule has 0 aliphatic heterocycles. The number of benzene rings is 1. The molecule has 0 aliphatic rings. The molecular formula is C13H19F. The Kier molecular flexibility index (Phi) is 4.12. The van der Waals surface area contributed by atoms with Crippen LogP contribution in [0.1, 0.15) is 38.3 Å². The predicted molar refractivity (Wildman–Crippen MR) is 58.9 cm³/mol. The molecule has 0 heterocycles. The Balaban J connectivity index is 2.90. The van der Waals surface area contributed by atoms with Crippen molar-refractivity contribution >= 4 is 0 Å². The Hall–Kier alpha value is -0.850. The summed E-state index contributed by atoms with van der Waals surface area (Å²) in [4.78, 5) is 0. The lowest BCUT2D eigenvalue weighted by atomic mass is 9.94. The van der Waals surface area contributed by atoms with E-state index in [0.29, 0.717) is 5.92 Å². The molecule has 0 saturated heterocycles. The van der Waals surface area contributed by atoms with Gasteiger partial charge in [-0.3, -0.25) is 0 Å². The quantitative estimate of drug-likeness (QED) is 0.680. The Labute approximate surface area is 86.2 Å². The van der Waals surface area contributed by atoms with Gasteiger partial charge in [0.25, 0.3) is 0 Å². The van der Waals surface area contributed by atoms with Crippen LogP contribution in [0.2, 0.25) is 0 Å². The van der Waals surface area contributed by atoms with Crippen molar-refractivity contribution in [3.63, 3.8) is 0 Å². The second kappa shape index (κ2) is 5.14. The van der Waals surface area contributed by atoms with E-state index in [2.05, 4.69) is 13.8 Å². The average molecular weight is 194 g/mol. The minimum absolute atomic E-state index is 0.0479. The summed E-state index contributed by atoms with van der Waals surface area (Å²) in [6, 6.07) is 5.42. The zero-order valence-corrected chi connectivity index (χ0v) is 9.31. The summed E-state index contributed by atoms with van der Waals surface area (Å²) >= 11 is 0. The number of hydrogen-bond donors (Lipinski definition) is 0. The average Bonchev–Trinajstić information content (AvgIpc) is 2.18. The Bertz CT molecular complexity index is 291. The molecule has 0 saturated carbocycles. The first-order valence-corrected chi connectivity index (χ1v) is 5.45. The summed E-state index contributed by atoms with van der Waals surface area (Å²) in [5.74, 6) is 0.593. The van der Waals surface area contributed by atoms with Gasteiger partial charge in [0, 0.05) is 0 Å².